The number of anilines is 1. The molecule has 0 aliphatic rings. The van der Waals surface area contributed by atoms with Crippen LogP contribution in [0.15, 0.2) is 18.6 Å². The number of nitrogens with two attached hydrogens (primary N) is 1. The number of hydrogen-bond donors (Lipinski definition) is 1. The summed E-state index contributed by atoms with van der Waals surface area (Å²) in [5.74, 6) is 0. The van der Waals surface area contributed by atoms with Crippen molar-refractivity contribution in [1.29, 1.82) is 0 Å². The van der Waals surface area contributed by atoms with E-state index < -0.39 is 0 Å². The molecule has 5 nitrogen and oxygen atoms in total. The molecule has 2 N–H and O–H groups in total. The molecule has 0 amide bonds. The quantitative estimate of drug-likeness (QED) is 0.852. The molecule has 0 aromatic carbocycles. The first-order chi connectivity index (χ1) is 7.74. The normalized spacial score (nSPS) is 10.9. The van der Waals surface area contributed by atoms with Crippen LogP contribution in [0.1, 0.15) is 20.3 Å². The molecular formula is C11H17N5. The zero-order chi connectivity index (χ0) is 11.5. The molecule has 0 bridgehead atoms. The Hall–Kier alpha value is -1.78. The van der Waals surface area contributed by atoms with Gasteiger partial charge >= 0.3 is 0 Å². The summed E-state index contributed by atoms with van der Waals surface area (Å²) in [6.45, 7) is 5.92. The summed E-state index contributed by atoms with van der Waals surface area (Å²) < 4.78 is 3.75. The van der Waals surface area contributed by atoms with E-state index in [-0.39, 0.29) is 0 Å². The smallest absolute Gasteiger partial charge is 0.118 e. The molecule has 2 heterocycles. The Morgan fingerprint density at radius 2 is 2.06 bits per heavy atom. The van der Waals surface area contributed by atoms with E-state index in [1.54, 1.807) is 6.20 Å². The first kappa shape index (κ1) is 10.7. The Balaban J connectivity index is 2.32. The van der Waals surface area contributed by atoms with Crippen molar-refractivity contribution in [2.24, 2.45) is 0 Å². The van der Waals surface area contributed by atoms with E-state index in [4.69, 9.17) is 5.73 Å². The maximum Gasteiger partial charge on any atom is 0.118 e. The highest BCUT2D eigenvalue weighted by Gasteiger charge is 2.10. The van der Waals surface area contributed by atoms with Gasteiger partial charge in [0.1, 0.15) is 5.69 Å². The molecule has 5 heteroatoms. The molecule has 0 atom stereocenters. The summed E-state index contributed by atoms with van der Waals surface area (Å²) in [4.78, 5) is 0. The number of rotatable bonds is 4. The number of nitrogen functional groups attached to an aromatic ring is 1. The zero-order valence-electron chi connectivity index (χ0n) is 9.72. The summed E-state index contributed by atoms with van der Waals surface area (Å²) in [6.07, 6.45) is 6.70. The zero-order valence-corrected chi connectivity index (χ0v) is 9.72. The monoisotopic (exact) mass is 219 g/mol. The fraction of sp³-hybridized carbons (Fsp3) is 0.455. The van der Waals surface area contributed by atoms with Crippen molar-refractivity contribution in [2.75, 3.05) is 5.73 Å². The summed E-state index contributed by atoms with van der Waals surface area (Å²) >= 11 is 0. The summed E-state index contributed by atoms with van der Waals surface area (Å²) in [6, 6.07) is 0. The minimum absolute atomic E-state index is 0.712. The van der Waals surface area contributed by atoms with E-state index >= 15 is 0 Å². The predicted octanol–water partition coefficient (Wildman–Crippen LogP) is 1.76. The number of hydrogen-bond acceptors (Lipinski definition) is 3. The average molecular weight is 219 g/mol. The van der Waals surface area contributed by atoms with Crippen molar-refractivity contribution < 1.29 is 0 Å². The molecule has 0 aliphatic heterocycles. The fourth-order valence-electron chi connectivity index (χ4n) is 1.66. The lowest BCUT2D eigenvalue weighted by molar-refractivity contribution is 0.604. The minimum Gasteiger partial charge on any atom is -0.396 e. The van der Waals surface area contributed by atoms with E-state index in [0.717, 1.165) is 30.8 Å². The van der Waals surface area contributed by atoms with Gasteiger partial charge in [0, 0.05) is 31.0 Å². The highest BCUT2D eigenvalue weighted by molar-refractivity contribution is 5.70. The maximum absolute atomic E-state index is 5.93. The maximum atomic E-state index is 5.93. The van der Waals surface area contributed by atoms with Crippen LogP contribution in [-0.4, -0.2) is 19.6 Å². The van der Waals surface area contributed by atoms with Crippen LogP contribution >= 0.6 is 0 Å². The van der Waals surface area contributed by atoms with Crippen molar-refractivity contribution >= 4 is 5.69 Å². The van der Waals surface area contributed by atoms with Gasteiger partial charge in [-0.3, -0.25) is 9.36 Å². The average Bonchev–Trinajstić information content (AvgIpc) is 2.85. The molecule has 0 aliphatic carbocycles. The van der Waals surface area contributed by atoms with Crippen molar-refractivity contribution in [3.05, 3.63) is 18.6 Å². The van der Waals surface area contributed by atoms with Crippen LogP contribution in [0.2, 0.25) is 0 Å². The third-order valence-electron chi connectivity index (χ3n) is 2.47. The summed E-state index contributed by atoms with van der Waals surface area (Å²) in [5.41, 5.74) is 8.45. The molecule has 16 heavy (non-hydrogen) atoms. The lowest BCUT2D eigenvalue weighted by Crippen LogP contribution is -1.96. The Labute approximate surface area is 94.9 Å². The molecule has 0 unspecified atom stereocenters. The Bertz CT molecular complexity index is 468. The van der Waals surface area contributed by atoms with Gasteiger partial charge in [-0.1, -0.05) is 6.92 Å². The molecule has 2 rings (SSSR count). The lowest BCUT2D eigenvalue weighted by Gasteiger charge is -1.95. The predicted molar refractivity (Wildman–Crippen MR) is 63.8 cm³/mol. The van der Waals surface area contributed by atoms with Crippen LogP contribution in [-0.2, 0) is 13.1 Å². The Morgan fingerprint density at radius 1 is 1.25 bits per heavy atom. The van der Waals surface area contributed by atoms with E-state index in [9.17, 15) is 0 Å². The second-order valence-corrected chi connectivity index (χ2v) is 3.78. The van der Waals surface area contributed by atoms with Gasteiger partial charge in [-0.15, -0.1) is 0 Å². The van der Waals surface area contributed by atoms with Crippen molar-refractivity contribution in [3.63, 3.8) is 0 Å². The molecule has 2 aromatic heterocycles. The molecule has 0 radical (unpaired) electrons. The van der Waals surface area contributed by atoms with Crippen molar-refractivity contribution in [3.8, 4) is 11.3 Å². The number of aryl methyl sites for hydroxylation is 2. The molecule has 2 aromatic rings. The Kier molecular flexibility index (Phi) is 2.94. The second-order valence-electron chi connectivity index (χ2n) is 3.78. The van der Waals surface area contributed by atoms with Crippen molar-refractivity contribution in [1.82, 2.24) is 19.6 Å². The Morgan fingerprint density at radius 3 is 2.69 bits per heavy atom. The molecule has 0 saturated carbocycles. The highest BCUT2D eigenvalue weighted by Crippen LogP contribution is 2.23. The van der Waals surface area contributed by atoms with Crippen molar-refractivity contribution in [2.45, 2.75) is 33.4 Å². The molecule has 86 valence electrons. The first-order valence-corrected chi connectivity index (χ1v) is 5.60. The molecular weight excluding hydrogens is 202 g/mol. The van der Waals surface area contributed by atoms with E-state index in [0.29, 0.717) is 5.69 Å². The van der Waals surface area contributed by atoms with E-state index in [1.807, 2.05) is 21.8 Å². The van der Waals surface area contributed by atoms with Crippen LogP contribution in [0.25, 0.3) is 11.3 Å². The van der Waals surface area contributed by atoms with Gasteiger partial charge < -0.3 is 5.73 Å². The van der Waals surface area contributed by atoms with E-state index in [1.165, 1.54) is 0 Å². The van der Waals surface area contributed by atoms with Crippen LogP contribution in [0.4, 0.5) is 5.69 Å². The summed E-state index contributed by atoms with van der Waals surface area (Å²) in [7, 11) is 0. The van der Waals surface area contributed by atoms with Gasteiger partial charge in [-0.25, -0.2) is 0 Å². The minimum atomic E-state index is 0.712. The van der Waals surface area contributed by atoms with Gasteiger partial charge in [-0.2, -0.15) is 10.2 Å². The molecule has 0 saturated heterocycles. The third kappa shape index (κ3) is 1.93. The third-order valence-corrected chi connectivity index (χ3v) is 2.47. The van der Waals surface area contributed by atoms with Crippen LogP contribution in [0.3, 0.4) is 0 Å². The largest absolute Gasteiger partial charge is 0.396 e. The standard InChI is InChI=1S/C11H17N5/c1-3-5-16-8-10(12)11(14-16)9-6-13-15(4-2)7-9/h6-8H,3-5,12H2,1-2H3. The van der Waals surface area contributed by atoms with Crippen LogP contribution in [0.5, 0.6) is 0 Å². The molecule has 0 spiro atoms. The SMILES string of the molecule is CCCn1cc(N)c(-c2cnn(CC)c2)n1. The van der Waals surface area contributed by atoms with Crippen LogP contribution < -0.4 is 5.73 Å². The first-order valence-electron chi connectivity index (χ1n) is 5.60. The fourth-order valence-corrected chi connectivity index (χ4v) is 1.66. The summed E-state index contributed by atoms with van der Waals surface area (Å²) in [5, 5.41) is 8.67. The van der Waals surface area contributed by atoms with E-state index in [2.05, 4.69) is 24.0 Å². The topological polar surface area (TPSA) is 61.7 Å². The van der Waals surface area contributed by atoms with Gasteiger partial charge in [0.05, 0.1) is 11.9 Å². The highest BCUT2D eigenvalue weighted by atomic mass is 15.3. The van der Waals surface area contributed by atoms with Gasteiger partial charge in [0.15, 0.2) is 0 Å². The number of nitrogens with zero attached hydrogens (tertiary/aromatic N) is 4. The van der Waals surface area contributed by atoms with Gasteiger partial charge in [-0.05, 0) is 13.3 Å². The molecule has 0 fully saturated rings. The number of aromatic nitrogens is 4. The lowest BCUT2D eigenvalue weighted by atomic mass is 10.2. The van der Waals surface area contributed by atoms with Gasteiger partial charge in [0.2, 0.25) is 0 Å². The van der Waals surface area contributed by atoms with Gasteiger partial charge in [0.25, 0.3) is 0 Å². The van der Waals surface area contributed by atoms with Crippen LogP contribution in [0, 0.1) is 0 Å². The second kappa shape index (κ2) is 4.38.